The van der Waals surface area contributed by atoms with Crippen LogP contribution in [0.25, 0.3) is 0 Å². The van der Waals surface area contributed by atoms with Crippen molar-refractivity contribution in [3.05, 3.63) is 59.4 Å². The molecule has 1 aromatic heterocycles. The van der Waals surface area contributed by atoms with Crippen molar-refractivity contribution in [2.75, 3.05) is 12.4 Å². The summed E-state index contributed by atoms with van der Waals surface area (Å²) in [6, 6.07) is 5.76. The molecule has 0 spiro atoms. The molecule has 1 aliphatic carbocycles. The average Bonchev–Trinajstić information content (AvgIpc) is 3.06. The average molecular weight is 465 g/mol. The number of sulfonamides is 1. The zero-order valence-corrected chi connectivity index (χ0v) is 17.0. The third-order valence-electron chi connectivity index (χ3n) is 5.44. The standard InChI is InChI=1S/C19H17F2N5O4S.CH4/c1-26-18(22)25-19(8-12(27)7-16(19)31(26,29)30)13-6-11(3-4-14(13)21)24-17(28)15-5-2-10(20)9-23-15;/h2-6,9,16H,7-8H2,1H3,(H2,22,25)(H,24,28);1H4. The Bertz CT molecular complexity index is 1230. The van der Waals surface area contributed by atoms with Gasteiger partial charge in [-0.3, -0.25) is 9.59 Å². The highest BCUT2D eigenvalue weighted by Crippen LogP contribution is 2.48. The summed E-state index contributed by atoms with van der Waals surface area (Å²) in [6.45, 7) is 0. The number of hydrogen-bond acceptors (Lipinski definition) is 7. The van der Waals surface area contributed by atoms with Crippen LogP contribution in [0.3, 0.4) is 0 Å². The molecule has 0 bridgehead atoms. The molecule has 2 aliphatic rings. The number of carbonyl (C=O) groups excluding carboxylic acids is 2. The van der Waals surface area contributed by atoms with Gasteiger partial charge in [0, 0.05) is 31.1 Å². The molecule has 3 N–H and O–H groups in total. The van der Waals surface area contributed by atoms with Gasteiger partial charge < -0.3 is 11.1 Å². The molecule has 2 atom stereocenters. The fourth-order valence-corrected chi connectivity index (χ4v) is 5.73. The Kier molecular flexibility index (Phi) is 5.77. The van der Waals surface area contributed by atoms with Gasteiger partial charge in [0.2, 0.25) is 16.0 Å². The Balaban J connectivity index is 0.00000289. The summed E-state index contributed by atoms with van der Waals surface area (Å²) in [6.07, 6.45) is 0.192. The molecular formula is C20H21F2N5O4S. The number of benzene rings is 1. The zero-order valence-electron chi connectivity index (χ0n) is 16.2. The third-order valence-corrected chi connectivity index (χ3v) is 7.67. The van der Waals surface area contributed by atoms with E-state index in [1.165, 1.54) is 25.2 Å². The number of fused-ring (bicyclic) bond motifs is 1. The van der Waals surface area contributed by atoms with E-state index in [4.69, 9.17) is 5.73 Å². The number of amides is 1. The molecular weight excluding hydrogens is 444 g/mol. The summed E-state index contributed by atoms with van der Waals surface area (Å²) >= 11 is 0. The van der Waals surface area contributed by atoms with Gasteiger partial charge in [-0.05, 0) is 30.3 Å². The summed E-state index contributed by atoms with van der Waals surface area (Å²) in [5.41, 5.74) is 3.91. The number of ketones is 1. The van der Waals surface area contributed by atoms with Crippen LogP contribution >= 0.6 is 0 Å². The molecule has 2 heterocycles. The fourth-order valence-electron chi connectivity index (χ4n) is 3.89. The highest BCUT2D eigenvalue weighted by molar-refractivity contribution is 7.90. The quantitative estimate of drug-likeness (QED) is 0.709. The van der Waals surface area contributed by atoms with E-state index in [0.717, 1.165) is 22.6 Å². The lowest BCUT2D eigenvalue weighted by molar-refractivity contribution is -0.117. The number of rotatable bonds is 3. The first-order valence-corrected chi connectivity index (χ1v) is 10.6. The van der Waals surface area contributed by atoms with E-state index in [1.54, 1.807) is 0 Å². The van der Waals surface area contributed by atoms with E-state index < -0.39 is 44.1 Å². The van der Waals surface area contributed by atoms with Crippen LogP contribution in [0.4, 0.5) is 14.5 Å². The Hall–Kier alpha value is -3.41. The van der Waals surface area contributed by atoms with E-state index in [2.05, 4.69) is 15.3 Å². The molecule has 0 saturated heterocycles. The number of aliphatic imine (C=N–C) groups is 1. The van der Waals surface area contributed by atoms with Gasteiger partial charge in [0.05, 0.1) is 6.20 Å². The van der Waals surface area contributed by atoms with Crippen molar-refractivity contribution in [2.24, 2.45) is 10.7 Å². The first-order valence-electron chi connectivity index (χ1n) is 9.12. The molecule has 32 heavy (non-hydrogen) atoms. The van der Waals surface area contributed by atoms with Gasteiger partial charge in [-0.2, -0.15) is 0 Å². The zero-order chi connectivity index (χ0) is 22.6. The van der Waals surface area contributed by atoms with Crippen LogP contribution in [0.2, 0.25) is 0 Å². The van der Waals surface area contributed by atoms with E-state index >= 15 is 0 Å². The Labute approximate surface area is 183 Å². The summed E-state index contributed by atoms with van der Waals surface area (Å²) in [4.78, 5) is 32.5. The van der Waals surface area contributed by atoms with Crippen molar-refractivity contribution >= 4 is 33.4 Å². The van der Waals surface area contributed by atoms with Crippen LogP contribution in [0.1, 0.15) is 36.3 Å². The number of guanidine groups is 1. The van der Waals surface area contributed by atoms with Crippen molar-refractivity contribution in [3.63, 3.8) is 0 Å². The number of aromatic nitrogens is 1. The third kappa shape index (κ3) is 3.60. The van der Waals surface area contributed by atoms with Gasteiger partial charge in [0.25, 0.3) is 5.91 Å². The number of halogens is 2. The molecule has 1 aromatic carbocycles. The molecule has 1 aliphatic heterocycles. The monoisotopic (exact) mass is 465 g/mol. The van der Waals surface area contributed by atoms with Gasteiger partial charge in [0.1, 0.15) is 33.9 Å². The summed E-state index contributed by atoms with van der Waals surface area (Å²) in [5, 5.41) is 1.17. The largest absolute Gasteiger partial charge is 0.369 e. The van der Waals surface area contributed by atoms with E-state index in [-0.39, 0.29) is 43.2 Å². The van der Waals surface area contributed by atoms with Crippen molar-refractivity contribution in [1.82, 2.24) is 9.29 Å². The highest BCUT2D eigenvalue weighted by atomic mass is 32.2. The van der Waals surface area contributed by atoms with Gasteiger partial charge in [-0.25, -0.2) is 31.5 Å². The number of hydrogen-bond donors (Lipinski definition) is 2. The van der Waals surface area contributed by atoms with Crippen molar-refractivity contribution < 1.29 is 26.8 Å². The molecule has 2 aromatic rings. The predicted molar refractivity (Wildman–Crippen MR) is 113 cm³/mol. The lowest BCUT2D eigenvalue weighted by Gasteiger charge is -2.39. The molecule has 2 unspecified atom stereocenters. The number of nitrogens with one attached hydrogen (secondary N) is 1. The van der Waals surface area contributed by atoms with Gasteiger partial charge in [-0.15, -0.1) is 0 Å². The lowest BCUT2D eigenvalue weighted by Crippen LogP contribution is -2.55. The molecule has 170 valence electrons. The molecule has 4 rings (SSSR count). The summed E-state index contributed by atoms with van der Waals surface area (Å²) in [5.74, 6) is -2.86. The Morgan fingerprint density at radius 2 is 2.00 bits per heavy atom. The van der Waals surface area contributed by atoms with Crippen LogP contribution in [-0.2, 0) is 20.4 Å². The topological polar surface area (TPSA) is 135 Å². The number of carbonyl (C=O) groups is 2. The molecule has 1 saturated carbocycles. The van der Waals surface area contributed by atoms with Crippen molar-refractivity contribution in [2.45, 2.75) is 31.1 Å². The molecule has 1 amide bonds. The molecule has 1 fully saturated rings. The van der Waals surface area contributed by atoms with Gasteiger partial charge >= 0.3 is 0 Å². The van der Waals surface area contributed by atoms with E-state index in [0.29, 0.717) is 0 Å². The summed E-state index contributed by atoms with van der Waals surface area (Å²) in [7, 11) is -2.86. The maximum atomic E-state index is 14.9. The maximum absolute atomic E-state index is 14.9. The van der Waals surface area contributed by atoms with Gasteiger partial charge in [-0.1, -0.05) is 7.43 Å². The van der Waals surface area contributed by atoms with Crippen molar-refractivity contribution in [3.8, 4) is 0 Å². The minimum atomic E-state index is -4.07. The fraction of sp³-hybridized carbons (Fsp3) is 0.300. The first kappa shape index (κ1) is 23.3. The Morgan fingerprint density at radius 1 is 1.28 bits per heavy atom. The summed E-state index contributed by atoms with van der Waals surface area (Å²) < 4.78 is 54.5. The van der Waals surface area contributed by atoms with Crippen LogP contribution in [0, 0.1) is 11.6 Å². The second-order valence-electron chi connectivity index (χ2n) is 7.33. The van der Waals surface area contributed by atoms with Crippen LogP contribution in [0.15, 0.2) is 41.5 Å². The Morgan fingerprint density at radius 3 is 2.66 bits per heavy atom. The number of nitrogens with zero attached hydrogens (tertiary/aromatic N) is 3. The second kappa shape index (κ2) is 7.93. The minimum Gasteiger partial charge on any atom is -0.369 e. The normalized spacial score (nSPS) is 23.7. The highest BCUT2D eigenvalue weighted by Gasteiger charge is 2.59. The van der Waals surface area contributed by atoms with E-state index in [9.17, 15) is 26.8 Å². The van der Waals surface area contributed by atoms with Gasteiger partial charge in [0.15, 0.2) is 0 Å². The smallest absolute Gasteiger partial charge is 0.274 e. The maximum Gasteiger partial charge on any atom is 0.274 e. The van der Waals surface area contributed by atoms with Crippen LogP contribution in [-0.4, -0.2) is 47.7 Å². The number of nitrogens with two attached hydrogens (primary N) is 1. The molecule has 9 nitrogen and oxygen atoms in total. The predicted octanol–water partition coefficient (Wildman–Crippen LogP) is 1.76. The number of Topliss-reactive ketones (excluding diaryl/α,β-unsaturated/α-hetero) is 1. The number of pyridine rings is 1. The number of anilines is 1. The molecule has 0 radical (unpaired) electrons. The van der Waals surface area contributed by atoms with Crippen molar-refractivity contribution in [1.29, 1.82) is 0 Å². The van der Waals surface area contributed by atoms with Crippen LogP contribution < -0.4 is 11.1 Å². The second-order valence-corrected chi connectivity index (χ2v) is 9.47. The minimum absolute atomic E-state index is 0. The van der Waals surface area contributed by atoms with E-state index in [1.807, 2.05) is 0 Å². The molecule has 12 heteroatoms. The first-order chi connectivity index (χ1) is 14.5. The SMILES string of the molecule is C.CN1C(N)=NC2(c3cc(NC(=O)c4ccc(F)cn4)ccc3F)CC(=O)CC2S1(=O)=O. The van der Waals surface area contributed by atoms with Crippen LogP contribution in [0.5, 0.6) is 0 Å². The lowest BCUT2D eigenvalue weighted by atomic mass is 9.87.